The first kappa shape index (κ1) is 26.2. The summed E-state index contributed by atoms with van der Waals surface area (Å²) in [5.41, 5.74) is 2.15. The monoisotopic (exact) mass is 480 g/mol. The number of rotatable bonds is 9. The molecule has 0 aliphatic heterocycles. The Balaban J connectivity index is 1.78. The van der Waals surface area contributed by atoms with Crippen molar-refractivity contribution in [2.45, 2.75) is 51.2 Å². The summed E-state index contributed by atoms with van der Waals surface area (Å²) in [7, 11) is 1.69. The second kappa shape index (κ2) is 10.9. The number of benzene rings is 2. The van der Waals surface area contributed by atoms with Gasteiger partial charge in [0.05, 0.1) is 11.6 Å². The van der Waals surface area contributed by atoms with E-state index in [-0.39, 0.29) is 23.8 Å². The van der Waals surface area contributed by atoms with Crippen LogP contribution < -0.4 is 5.56 Å². The predicted molar refractivity (Wildman–Crippen MR) is 135 cm³/mol. The number of aromatic nitrogens is 1. The predicted octanol–water partition coefficient (Wildman–Crippen LogP) is 5.57. The molecule has 3 aromatic rings. The van der Waals surface area contributed by atoms with E-state index in [2.05, 4.69) is 0 Å². The number of carbonyl (C=O) groups is 1. The van der Waals surface area contributed by atoms with Gasteiger partial charge in [0, 0.05) is 25.9 Å². The highest BCUT2D eigenvalue weighted by Gasteiger charge is 2.26. The molecule has 3 rings (SSSR count). The van der Waals surface area contributed by atoms with Gasteiger partial charge in [0.15, 0.2) is 0 Å². The maximum atomic E-state index is 13.8. The van der Waals surface area contributed by atoms with E-state index in [1.807, 2.05) is 43.3 Å². The SMILES string of the molecule is C[C@@H](c1ccc(-c2ccn(C)c(=O)c2)cc1)N(CC[C@H](CC(C)(C)O)c1cccc(F)c1)C(=O)O. The van der Waals surface area contributed by atoms with Crippen molar-refractivity contribution in [2.24, 2.45) is 7.05 Å². The lowest BCUT2D eigenvalue weighted by Crippen LogP contribution is -2.34. The summed E-state index contributed by atoms with van der Waals surface area (Å²) in [6.07, 6.45) is 1.48. The number of amides is 1. The summed E-state index contributed by atoms with van der Waals surface area (Å²) in [5, 5.41) is 20.3. The van der Waals surface area contributed by atoms with Gasteiger partial charge in [-0.3, -0.25) is 4.79 Å². The van der Waals surface area contributed by atoms with E-state index in [0.29, 0.717) is 12.8 Å². The third kappa shape index (κ3) is 7.02. The number of carboxylic acid groups (broad SMARTS) is 1. The number of nitrogens with zero attached hydrogens (tertiary/aromatic N) is 2. The van der Waals surface area contributed by atoms with Gasteiger partial charge in [0.1, 0.15) is 5.82 Å². The second-order valence-electron chi connectivity index (χ2n) is 9.70. The van der Waals surface area contributed by atoms with Crippen LogP contribution in [0.4, 0.5) is 9.18 Å². The zero-order valence-electron chi connectivity index (χ0n) is 20.6. The number of hydrogen-bond acceptors (Lipinski definition) is 3. The molecule has 2 aromatic carbocycles. The molecular formula is C28H33FN2O4. The van der Waals surface area contributed by atoms with Crippen molar-refractivity contribution in [2.75, 3.05) is 6.54 Å². The van der Waals surface area contributed by atoms with E-state index < -0.39 is 17.7 Å². The molecule has 2 atom stereocenters. The van der Waals surface area contributed by atoms with Gasteiger partial charge in [-0.1, -0.05) is 36.4 Å². The molecule has 0 unspecified atom stereocenters. The van der Waals surface area contributed by atoms with E-state index in [4.69, 9.17) is 0 Å². The van der Waals surface area contributed by atoms with Gasteiger partial charge < -0.3 is 19.7 Å². The minimum absolute atomic E-state index is 0.101. The fourth-order valence-corrected chi connectivity index (χ4v) is 4.36. The van der Waals surface area contributed by atoms with Crippen LogP contribution in [0.3, 0.4) is 0 Å². The molecule has 1 heterocycles. The van der Waals surface area contributed by atoms with Crippen molar-refractivity contribution < 1.29 is 19.4 Å². The normalized spacial score (nSPS) is 13.3. The Bertz CT molecular complexity index is 1210. The van der Waals surface area contributed by atoms with Gasteiger partial charge in [-0.05, 0) is 80.0 Å². The maximum absolute atomic E-state index is 13.8. The van der Waals surface area contributed by atoms with Gasteiger partial charge in [-0.2, -0.15) is 0 Å². The molecule has 6 nitrogen and oxygen atoms in total. The molecule has 2 N–H and O–H groups in total. The third-order valence-electron chi connectivity index (χ3n) is 6.33. The van der Waals surface area contributed by atoms with Crippen LogP contribution in [0.15, 0.2) is 71.7 Å². The molecule has 35 heavy (non-hydrogen) atoms. The molecule has 0 saturated heterocycles. The molecule has 0 fully saturated rings. The quantitative estimate of drug-likeness (QED) is 0.420. The zero-order chi connectivity index (χ0) is 25.8. The minimum atomic E-state index is -1.05. The van der Waals surface area contributed by atoms with E-state index in [1.54, 1.807) is 39.2 Å². The first-order chi connectivity index (χ1) is 16.4. The van der Waals surface area contributed by atoms with Crippen molar-refractivity contribution in [3.8, 4) is 11.1 Å². The molecule has 0 aliphatic carbocycles. The Kier molecular flexibility index (Phi) is 8.12. The summed E-state index contributed by atoms with van der Waals surface area (Å²) in [6.45, 7) is 5.45. The van der Waals surface area contributed by atoms with Crippen LogP contribution in [0.2, 0.25) is 0 Å². The summed E-state index contributed by atoms with van der Waals surface area (Å²) >= 11 is 0. The molecule has 0 saturated carbocycles. The minimum Gasteiger partial charge on any atom is -0.465 e. The van der Waals surface area contributed by atoms with E-state index in [0.717, 1.165) is 22.3 Å². The topological polar surface area (TPSA) is 82.8 Å². The van der Waals surface area contributed by atoms with Crippen LogP contribution in [-0.2, 0) is 7.05 Å². The van der Waals surface area contributed by atoms with E-state index in [9.17, 15) is 24.2 Å². The lowest BCUT2D eigenvalue weighted by Gasteiger charge is -2.31. The fourth-order valence-electron chi connectivity index (χ4n) is 4.36. The third-order valence-corrected chi connectivity index (χ3v) is 6.33. The molecule has 186 valence electrons. The second-order valence-corrected chi connectivity index (χ2v) is 9.70. The van der Waals surface area contributed by atoms with Crippen LogP contribution in [0.25, 0.3) is 11.1 Å². The first-order valence-corrected chi connectivity index (χ1v) is 11.7. The number of aliphatic hydroxyl groups is 1. The number of hydrogen-bond donors (Lipinski definition) is 2. The van der Waals surface area contributed by atoms with Crippen LogP contribution >= 0.6 is 0 Å². The van der Waals surface area contributed by atoms with Crippen LogP contribution in [0, 0.1) is 5.82 Å². The van der Waals surface area contributed by atoms with Crippen molar-refractivity contribution >= 4 is 6.09 Å². The smallest absolute Gasteiger partial charge is 0.407 e. The number of aryl methyl sites for hydroxylation is 1. The van der Waals surface area contributed by atoms with E-state index in [1.165, 1.54) is 21.6 Å². The largest absolute Gasteiger partial charge is 0.465 e. The lowest BCUT2D eigenvalue weighted by molar-refractivity contribution is 0.0597. The average Bonchev–Trinajstić information content (AvgIpc) is 2.79. The van der Waals surface area contributed by atoms with Crippen LogP contribution in [0.5, 0.6) is 0 Å². The molecule has 7 heteroatoms. The number of pyridine rings is 1. The molecule has 0 spiro atoms. The van der Waals surface area contributed by atoms with Gasteiger partial charge in [0.25, 0.3) is 5.56 Å². The molecule has 0 aliphatic rings. The van der Waals surface area contributed by atoms with Crippen LogP contribution in [0.1, 0.15) is 56.7 Å². The maximum Gasteiger partial charge on any atom is 0.407 e. The first-order valence-electron chi connectivity index (χ1n) is 11.7. The van der Waals surface area contributed by atoms with Crippen molar-refractivity contribution in [1.29, 1.82) is 0 Å². The van der Waals surface area contributed by atoms with Gasteiger partial charge >= 0.3 is 6.09 Å². The van der Waals surface area contributed by atoms with Crippen molar-refractivity contribution in [1.82, 2.24) is 9.47 Å². The average molecular weight is 481 g/mol. The van der Waals surface area contributed by atoms with Gasteiger partial charge in [-0.15, -0.1) is 0 Å². The Morgan fingerprint density at radius 1 is 1.06 bits per heavy atom. The molecule has 1 aromatic heterocycles. The highest BCUT2D eigenvalue weighted by Crippen LogP contribution is 2.32. The van der Waals surface area contributed by atoms with Crippen LogP contribution in [-0.4, -0.2) is 37.9 Å². The Morgan fingerprint density at radius 3 is 2.31 bits per heavy atom. The molecule has 0 bridgehead atoms. The van der Waals surface area contributed by atoms with Crippen molar-refractivity contribution in [3.05, 3.63) is 94.2 Å². The zero-order valence-corrected chi connectivity index (χ0v) is 20.6. The molecule has 1 amide bonds. The van der Waals surface area contributed by atoms with Gasteiger partial charge in [-0.25, -0.2) is 9.18 Å². The highest BCUT2D eigenvalue weighted by atomic mass is 19.1. The summed E-state index contributed by atoms with van der Waals surface area (Å²) < 4.78 is 15.3. The van der Waals surface area contributed by atoms with Crippen molar-refractivity contribution in [3.63, 3.8) is 0 Å². The van der Waals surface area contributed by atoms with Gasteiger partial charge in [0.2, 0.25) is 0 Å². The lowest BCUT2D eigenvalue weighted by atomic mass is 9.85. The summed E-state index contributed by atoms with van der Waals surface area (Å²) in [5.74, 6) is -0.564. The van der Waals surface area contributed by atoms with E-state index >= 15 is 0 Å². The highest BCUT2D eigenvalue weighted by molar-refractivity contribution is 5.66. The molecule has 0 radical (unpaired) electrons. The Morgan fingerprint density at radius 2 is 1.74 bits per heavy atom. The number of halogens is 1. The Labute approximate surface area is 205 Å². The fraction of sp³-hybridized carbons (Fsp3) is 0.357. The molecular weight excluding hydrogens is 447 g/mol. The standard InChI is InChI=1S/C28H33FN2O4/c1-19(20-8-10-21(11-9-20)23-12-14-30(4)26(32)17-23)31(27(33)34)15-13-24(18-28(2,3)35)22-6-5-7-25(29)16-22/h5-12,14,16-17,19,24,35H,13,15,18H2,1-4H3,(H,33,34)/t19-,24+/m0/s1. The summed E-state index contributed by atoms with van der Waals surface area (Å²) in [4.78, 5) is 25.4. The summed E-state index contributed by atoms with van der Waals surface area (Å²) in [6, 6.07) is 16.8. The Hall–Kier alpha value is -3.45.